The first-order valence-corrected chi connectivity index (χ1v) is 10.6. The van der Waals surface area contributed by atoms with E-state index in [9.17, 15) is 9.90 Å². The Labute approximate surface area is 173 Å². The summed E-state index contributed by atoms with van der Waals surface area (Å²) in [4.78, 5) is 12.3. The van der Waals surface area contributed by atoms with E-state index in [2.05, 4.69) is 0 Å². The average molecular weight is 397 g/mol. The van der Waals surface area contributed by atoms with Gasteiger partial charge in [0.05, 0.1) is 32.0 Å². The first-order chi connectivity index (χ1) is 14.1. The first-order valence-electron chi connectivity index (χ1n) is 10.6. The lowest BCUT2D eigenvalue weighted by Crippen LogP contribution is -2.23. The van der Waals surface area contributed by atoms with E-state index < -0.39 is 0 Å². The van der Waals surface area contributed by atoms with Gasteiger partial charge in [0.1, 0.15) is 0 Å². The summed E-state index contributed by atoms with van der Waals surface area (Å²) in [7, 11) is 1.40. The molecule has 0 spiro atoms. The fourth-order valence-corrected chi connectivity index (χ4v) is 4.27. The second-order valence-electron chi connectivity index (χ2n) is 8.04. The van der Waals surface area contributed by atoms with Gasteiger partial charge in [-0.3, -0.25) is 0 Å². The van der Waals surface area contributed by atoms with Gasteiger partial charge in [-0.25, -0.2) is 4.79 Å². The van der Waals surface area contributed by atoms with Gasteiger partial charge in [0.2, 0.25) is 0 Å². The molecule has 4 nitrogen and oxygen atoms in total. The number of methoxy groups -OCH3 is 1. The third-order valence-electron chi connectivity index (χ3n) is 5.93. The van der Waals surface area contributed by atoms with Crippen LogP contribution in [0.15, 0.2) is 42.5 Å². The van der Waals surface area contributed by atoms with Gasteiger partial charge >= 0.3 is 5.97 Å². The quantitative estimate of drug-likeness (QED) is 0.616. The summed E-state index contributed by atoms with van der Waals surface area (Å²) < 4.78 is 11.0. The number of esters is 1. The lowest BCUT2D eigenvalue weighted by Gasteiger charge is -2.25. The summed E-state index contributed by atoms with van der Waals surface area (Å²) in [6, 6.07) is 13.7. The number of aliphatic hydroxyl groups is 1. The number of hydrogen-bond donors (Lipinski definition) is 1. The van der Waals surface area contributed by atoms with Crippen molar-refractivity contribution in [3.63, 3.8) is 0 Å². The summed E-state index contributed by atoms with van der Waals surface area (Å²) in [5.41, 5.74) is 4.49. The molecule has 0 saturated heterocycles. The molecule has 1 atom stereocenters. The number of aryl methyl sites for hydroxylation is 1. The molecule has 1 aliphatic carbocycles. The normalized spacial score (nSPS) is 15.8. The lowest BCUT2D eigenvalue weighted by atomic mass is 9.85. The number of carbonyl (C=O) groups is 1. The molecule has 3 rings (SSSR count). The van der Waals surface area contributed by atoms with E-state index in [0.29, 0.717) is 18.1 Å². The zero-order valence-corrected chi connectivity index (χ0v) is 17.5. The summed E-state index contributed by atoms with van der Waals surface area (Å²) >= 11 is 0. The van der Waals surface area contributed by atoms with Crippen LogP contribution >= 0.6 is 0 Å². The predicted molar refractivity (Wildman–Crippen MR) is 115 cm³/mol. The molecule has 0 aromatic heterocycles. The van der Waals surface area contributed by atoms with Crippen LogP contribution in [0.1, 0.15) is 60.0 Å². The Bertz CT molecular complexity index is 808. The topological polar surface area (TPSA) is 55.8 Å². The summed E-state index contributed by atoms with van der Waals surface area (Å²) in [6.45, 7) is 2.49. The van der Waals surface area contributed by atoms with Gasteiger partial charge in [-0.1, -0.05) is 62.4 Å². The number of aliphatic hydroxyl groups excluding tert-OH is 1. The van der Waals surface area contributed by atoms with Gasteiger partial charge in [0.25, 0.3) is 0 Å². The van der Waals surface area contributed by atoms with E-state index in [0.717, 1.165) is 28.7 Å². The molecule has 0 aliphatic heterocycles. The van der Waals surface area contributed by atoms with Crippen LogP contribution in [-0.4, -0.2) is 30.9 Å². The van der Waals surface area contributed by atoms with Crippen molar-refractivity contribution in [2.45, 2.75) is 58.2 Å². The molecular formula is C25H32O4. The highest BCUT2D eigenvalue weighted by atomic mass is 16.5. The van der Waals surface area contributed by atoms with Crippen molar-refractivity contribution in [2.24, 2.45) is 5.92 Å². The maximum atomic E-state index is 12.3. The van der Waals surface area contributed by atoms with Crippen LogP contribution in [-0.2, 0) is 16.1 Å². The number of benzene rings is 2. The van der Waals surface area contributed by atoms with Gasteiger partial charge in [0.15, 0.2) is 0 Å². The lowest BCUT2D eigenvalue weighted by molar-refractivity contribution is -0.0141. The van der Waals surface area contributed by atoms with E-state index in [1.807, 2.05) is 43.3 Å². The zero-order chi connectivity index (χ0) is 20.6. The molecule has 1 unspecified atom stereocenters. The largest absolute Gasteiger partial charge is 0.465 e. The zero-order valence-electron chi connectivity index (χ0n) is 17.5. The molecular weight excluding hydrogens is 364 g/mol. The van der Waals surface area contributed by atoms with Crippen molar-refractivity contribution in [3.8, 4) is 11.1 Å². The Morgan fingerprint density at radius 1 is 1.10 bits per heavy atom. The molecule has 1 saturated carbocycles. The Kier molecular flexibility index (Phi) is 7.84. The summed E-state index contributed by atoms with van der Waals surface area (Å²) in [5, 5.41) is 9.77. The molecule has 0 heterocycles. The molecule has 1 fully saturated rings. The van der Waals surface area contributed by atoms with Crippen molar-refractivity contribution in [3.05, 3.63) is 59.2 Å². The standard InChI is InChI=1S/C25H32O4/c1-18-8-6-7-11-22(18)24-15-20(12-13-23(24)25(27)28-2)17-29-21(16-26)14-19-9-4-3-5-10-19/h6-8,11-13,15,19,21,26H,3-5,9-10,14,16-17H2,1-2H3. The van der Waals surface area contributed by atoms with Crippen molar-refractivity contribution < 1.29 is 19.4 Å². The molecule has 2 aromatic rings. The monoisotopic (exact) mass is 396 g/mol. The predicted octanol–water partition coefficient (Wildman–Crippen LogP) is 5.30. The minimum absolute atomic E-state index is 0.0431. The van der Waals surface area contributed by atoms with Crippen LogP contribution < -0.4 is 0 Å². The smallest absolute Gasteiger partial charge is 0.338 e. The third-order valence-corrected chi connectivity index (χ3v) is 5.93. The second-order valence-corrected chi connectivity index (χ2v) is 8.04. The highest BCUT2D eigenvalue weighted by Crippen LogP contribution is 2.30. The van der Waals surface area contributed by atoms with Crippen LogP contribution in [0.25, 0.3) is 11.1 Å². The molecule has 1 N–H and O–H groups in total. The number of hydrogen-bond acceptors (Lipinski definition) is 4. The van der Waals surface area contributed by atoms with Gasteiger partial charge < -0.3 is 14.6 Å². The number of rotatable bonds is 8. The van der Waals surface area contributed by atoms with Crippen LogP contribution in [0, 0.1) is 12.8 Å². The Morgan fingerprint density at radius 3 is 2.55 bits per heavy atom. The van der Waals surface area contributed by atoms with E-state index in [1.165, 1.54) is 39.2 Å². The van der Waals surface area contributed by atoms with Crippen molar-refractivity contribution in [1.29, 1.82) is 0 Å². The van der Waals surface area contributed by atoms with E-state index in [-0.39, 0.29) is 18.7 Å². The fraction of sp³-hybridized carbons (Fsp3) is 0.480. The Hall–Kier alpha value is -2.17. The maximum absolute atomic E-state index is 12.3. The maximum Gasteiger partial charge on any atom is 0.338 e. The summed E-state index contributed by atoms with van der Waals surface area (Å²) in [6.07, 6.45) is 7.17. The highest BCUT2D eigenvalue weighted by molar-refractivity contribution is 5.97. The van der Waals surface area contributed by atoms with Crippen LogP contribution in [0.2, 0.25) is 0 Å². The van der Waals surface area contributed by atoms with Gasteiger partial charge in [-0.05, 0) is 53.6 Å². The highest BCUT2D eigenvalue weighted by Gasteiger charge is 2.20. The number of ether oxygens (including phenoxy) is 2. The molecule has 156 valence electrons. The summed E-state index contributed by atoms with van der Waals surface area (Å²) in [5.74, 6) is 0.311. The van der Waals surface area contributed by atoms with Gasteiger partial charge in [-0.2, -0.15) is 0 Å². The van der Waals surface area contributed by atoms with E-state index >= 15 is 0 Å². The minimum atomic E-state index is -0.346. The van der Waals surface area contributed by atoms with Crippen molar-refractivity contribution in [2.75, 3.05) is 13.7 Å². The molecule has 1 aliphatic rings. The van der Waals surface area contributed by atoms with Crippen molar-refractivity contribution in [1.82, 2.24) is 0 Å². The first kappa shape index (κ1) is 21.5. The van der Waals surface area contributed by atoms with Crippen molar-refractivity contribution >= 4 is 5.97 Å². The molecule has 29 heavy (non-hydrogen) atoms. The second kappa shape index (κ2) is 10.6. The van der Waals surface area contributed by atoms with E-state index in [1.54, 1.807) is 6.07 Å². The molecule has 4 heteroatoms. The average Bonchev–Trinajstić information content (AvgIpc) is 2.77. The van der Waals surface area contributed by atoms with Gasteiger partial charge in [0, 0.05) is 0 Å². The molecule has 2 aromatic carbocycles. The van der Waals surface area contributed by atoms with E-state index in [4.69, 9.17) is 9.47 Å². The molecule has 0 radical (unpaired) electrons. The Morgan fingerprint density at radius 2 is 1.86 bits per heavy atom. The fourth-order valence-electron chi connectivity index (χ4n) is 4.27. The van der Waals surface area contributed by atoms with Crippen LogP contribution in [0.4, 0.5) is 0 Å². The minimum Gasteiger partial charge on any atom is -0.465 e. The van der Waals surface area contributed by atoms with Gasteiger partial charge in [-0.15, -0.1) is 0 Å². The molecule has 0 bridgehead atoms. The van der Waals surface area contributed by atoms with Crippen LogP contribution in [0.3, 0.4) is 0 Å². The molecule has 0 amide bonds. The SMILES string of the molecule is COC(=O)c1ccc(COC(CO)CC2CCCCC2)cc1-c1ccccc1C. The number of carbonyl (C=O) groups excluding carboxylic acids is 1. The van der Waals surface area contributed by atoms with Crippen LogP contribution in [0.5, 0.6) is 0 Å². The third kappa shape index (κ3) is 5.68. The Balaban J connectivity index is 1.76.